The van der Waals surface area contributed by atoms with Gasteiger partial charge in [-0.25, -0.2) is 18.1 Å². The molecule has 0 fully saturated rings. The summed E-state index contributed by atoms with van der Waals surface area (Å²) in [7, 11) is -2.08. The van der Waals surface area contributed by atoms with E-state index in [2.05, 4.69) is 25.2 Å². The summed E-state index contributed by atoms with van der Waals surface area (Å²) < 4.78 is 29.5. The smallest absolute Gasteiger partial charge is 0.260 e. The third-order valence-corrected chi connectivity index (χ3v) is 5.38. The number of rotatable bonds is 5. The monoisotopic (exact) mass is 326 g/mol. The van der Waals surface area contributed by atoms with Crippen LogP contribution in [0.1, 0.15) is 18.5 Å². The van der Waals surface area contributed by atoms with Crippen molar-refractivity contribution in [1.82, 2.24) is 24.3 Å². The molecule has 3 heterocycles. The Hall–Kier alpha value is -1.91. The van der Waals surface area contributed by atoms with E-state index in [-0.39, 0.29) is 5.03 Å². The lowest BCUT2D eigenvalue weighted by atomic mass is 10.2. The van der Waals surface area contributed by atoms with Crippen molar-refractivity contribution in [3.63, 3.8) is 0 Å². The molecule has 0 spiro atoms. The summed E-state index contributed by atoms with van der Waals surface area (Å²) in [5.41, 5.74) is 0.760. The lowest BCUT2D eigenvalue weighted by molar-refractivity contribution is 0.562. The number of thiazole rings is 1. The van der Waals surface area contributed by atoms with Crippen molar-refractivity contribution >= 4 is 32.1 Å². The molecule has 3 aromatic rings. The van der Waals surface area contributed by atoms with Crippen LogP contribution in [0.15, 0.2) is 29.0 Å². The van der Waals surface area contributed by atoms with Crippen molar-refractivity contribution in [3.05, 3.63) is 29.5 Å². The second kappa shape index (κ2) is 5.13. The first-order chi connectivity index (χ1) is 10.0. The summed E-state index contributed by atoms with van der Waals surface area (Å²) in [6.07, 6.45) is 4.93. The lowest BCUT2D eigenvalue weighted by Crippen LogP contribution is -2.28. The fraction of sp³-hybridized carbons (Fsp3) is 0.273. The third-order valence-electron chi connectivity index (χ3n) is 3.06. The van der Waals surface area contributed by atoms with E-state index in [4.69, 9.17) is 0 Å². The molecule has 1 unspecified atom stereocenters. The van der Waals surface area contributed by atoms with Crippen LogP contribution in [-0.4, -0.2) is 35.0 Å². The van der Waals surface area contributed by atoms with Gasteiger partial charge in [-0.15, -0.1) is 11.3 Å². The van der Waals surface area contributed by atoms with Gasteiger partial charge in [-0.2, -0.15) is 5.10 Å². The van der Waals surface area contributed by atoms with Crippen LogP contribution in [0, 0.1) is 0 Å². The highest BCUT2D eigenvalue weighted by atomic mass is 32.2. The van der Waals surface area contributed by atoms with Gasteiger partial charge in [0.2, 0.25) is 0 Å². The molecular formula is C11H14N6O2S2. The summed E-state index contributed by atoms with van der Waals surface area (Å²) in [6.45, 7) is 1.76. The fourth-order valence-corrected chi connectivity index (χ4v) is 4.33. The van der Waals surface area contributed by atoms with Crippen molar-refractivity contribution in [1.29, 1.82) is 0 Å². The molecule has 0 saturated heterocycles. The number of sulfonamides is 1. The Morgan fingerprint density at radius 1 is 1.48 bits per heavy atom. The highest BCUT2D eigenvalue weighted by molar-refractivity contribution is 7.89. The summed E-state index contributed by atoms with van der Waals surface area (Å²) in [5, 5.41) is 11.2. The van der Waals surface area contributed by atoms with Crippen LogP contribution in [-0.2, 0) is 10.0 Å². The minimum Gasteiger partial charge on any atom is -0.371 e. The lowest BCUT2D eigenvalue weighted by Gasteiger charge is -2.13. The van der Waals surface area contributed by atoms with Crippen LogP contribution in [0.25, 0.3) is 4.96 Å². The highest BCUT2D eigenvalue weighted by Crippen LogP contribution is 2.26. The first-order valence-corrected chi connectivity index (χ1v) is 8.53. The third kappa shape index (κ3) is 2.41. The average molecular weight is 326 g/mol. The van der Waals surface area contributed by atoms with Crippen LogP contribution in [0.4, 0.5) is 5.82 Å². The number of hydrogen-bond acceptors (Lipinski definition) is 6. The number of imidazole rings is 1. The average Bonchev–Trinajstić information content (AvgIpc) is 3.13. The van der Waals surface area contributed by atoms with Gasteiger partial charge in [-0.1, -0.05) is 0 Å². The standard InChI is InChI=1S/C11H14N6O2S2/c1-7(8-5-13-14-6-8)16-21(18,19)10-9(12-2)15-11-17(10)3-4-20-11/h3-7,12,16H,1-2H3,(H,13,14). The summed E-state index contributed by atoms with van der Waals surface area (Å²) in [6, 6.07) is -0.400. The van der Waals surface area contributed by atoms with Gasteiger partial charge in [-0.05, 0) is 6.92 Å². The topological polar surface area (TPSA) is 104 Å². The Bertz CT molecular complexity index is 849. The number of nitrogens with zero attached hydrogens (tertiary/aromatic N) is 3. The number of aromatic amines is 1. The molecule has 8 nitrogen and oxygen atoms in total. The number of aromatic nitrogens is 4. The van der Waals surface area contributed by atoms with Crippen LogP contribution in [0.5, 0.6) is 0 Å². The molecule has 0 aliphatic heterocycles. The summed E-state index contributed by atoms with van der Waals surface area (Å²) >= 11 is 1.38. The Kier molecular flexibility index (Phi) is 3.43. The van der Waals surface area contributed by atoms with Crippen molar-refractivity contribution in [2.24, 2.45) is 0 Å². The highest BCUT2D eigenvalue weighted by Gasteiger charge is 2.27. The van der Waals surface area contributed by atoms with E-state index in [1.165, 1.54) is 11.3 Å². The van der Waals surface area contributed by atoms with Crippen molar-refractivity contribution in [2.75, 3.05) is 12.4 Å². The van der Waals surface area contributed by atoms with Gasteiger partial charge in [0.05, 0.1) is 6.20 Å². The second-order valence-electron chi connectivity index (χ2n) is 4.45. The molecule has 0 bridgehead atoms. The number of hydrogen-bond donors (Lipinski definition) is 3. The predicted octanol–water partition coefficient (Wildman–Crippen LogP) is 1.20. The Morgan fingerprint density at radius 3 is 2.95 bits per heavy atom. The van der Waals surface area contributed by atoms with Crippen molar-refractivity contribution in [2.45, 2.75) is 18.0 Å². The number of anilines is 1. The zero-order chi connectivity index (χ0) is 15.0. The van der Waals surface area contributed by atoms with Crippen molar-refractivity contribution < 1.29 is 8.42 Å². The fourth-order valence-electron chi connectivity index (χ4n) is 2.04. The molecule has 0 amide bonds. The molecule has 0 aliphatic rings. The summed E-state index contributed by atoms with van der Waals surface area (Å²) in [5.74, 6) is 0.328. The Balaban J connectivity index is 2.02. The van der Waals surface area contributed by atoms with Crippen molar-refractivity contribution in [3.8, 4) is 0 Å². The van der Waals surface area contributed by atoms with E-state index in [9.17, 15) is 8.42 Å². The molecular weight excluding hydrogens is 312 g/mol. The minimum atomic E-state index is -3.73. The van der Waals surface area contributed by atoms with Crippen LogP contribution in [0.3, 0.4) is 0 Å². The molecule has 0 saturated carbocycles. The van der Waals surface area contributed by atoms with Crippen LogP contribution in [0.2, 0.25) is 0 Å². The van der Waals surface area contributed by atoms with Gasteiger partial charge in [-0.3, -0.25) is 9.50 Å². The molecule has 0 aromatic carbocycles. The van der Waals surface area contributed by atoms with E-state index >= 15 is 0 Å². The van der Waals surface area contributed by atoms with E-state index in [0.29, 0.717) is 10.8 Å². The molecule has 21 heavy (non-hydrogen) atoms. The number of fused-ring (bicyclic) bond motifs is 1. The normalized spacial score (nSPS) is 13.6. The summed E-state index contributed by atoms with van der Waals surface area (Å²) in [4.78, 5) is 4.88. The molecule has 3 aromatic heterocycles. The maximum Gasteiger partial charge on any atom is 0.260 e. The van der Waals surface area contributed by atoms with E-state index in [0.717, 1.165) is 5.56 Å². The molecule has 0 radical (unpaired) electrons. The second-order valence-corrected chi connectivity index (χ2v) is 6.95. The SMILES string of the molecule is CNc1nc2sccn2c1S(=O)(=O)NC(C)c1cn[nH]c1. The molecule has 10 heteroatoms. The van der Waals surface area contributed by atoms with Gasteiger partial charge in [0.15, 0.2) is 15.8 Å². The maximum atomic E-state index is 12.7. The van der Waals surface area contributed by atoms with Gasteiger partial charge in [0.25, 0.3) is 10.0 Å². The Labute approximate surface area is 125 Å². The largest absolute Gasteiger partial charge is 0.371 e. The van der Waals surface area contributed by atoms with E-state index in [1.807, 2.05) is 0 Å². The number of H-pyrrole nitrogens is 1. The van der Waals surface area contributed by atoms with E-state index in [1.54, 1.807) is 42.3 Å². The van der Waals surface area contributed by atoms with Gasteiger partial charge in [0, 0.05) is 36.4 Å². The molecule has 112 valence electrons. The van der Waals surface area contributed by atoms with Crippen LogP contribution >= 0.6 is 11.3 Å². The first-order valence-electron chi connectivity index (χ1n) is 6.17. The van der Waals surface area contributed by atoms with E-state index < -0.39 is 16.1 Å². The zero-order valence-corrected chi connectivity index (χ0v) is 13.0. The first kappa shape index (κ1) is 14.0. The predicted molar refractivity (Wildman–Crippen MR) is 79.9 cm³/mol. The molecule has 0 aliphatic carbocycles. The minimum absolute atomic E-state index is 0.108. The Morgan fingerprint density at radius 2 is 2.29 bits per heavy atom. The van der Waals surface area contributed by atoms with Gasteiger partial charge >= 0.3 is 0 Å². The van der Waals surface area contributed by atoms with Crippen LogP contribution < -0.4 is 10.0 Å². The quantitative estimate of drug-likeness (QED) is 0.653. The number of nitrogens with one attached hydrogen (secondary N) is 3. The van der Waals surface area contributed by atoms with Gasteiger partial charge in [0.1, 0.15) is 0 Å². The zero-order valence-electron chi connectivity index (χ0n) is 11.4. The van der Waals surface area contributed by atoms with Gasteiger partial charge < -0.3 is 5.32 Å². The maximum absolute atomic E-state index is 12.7. The molecule has 1 atom stereocenters. The molecule has 3 rings (SSSR count). The molecule has 3 N–H and O–H groups in total.